The molecule has 3 N–H and O–H groups in total. The highest BCUT2D eigenvalue weighted by molar-refractivity contribution is 6.05. The summed E-state index contributed by atoms with van der Waals surface area (Å²) in [5, 5.41) is 18.6. The Morgan fingerprint density at radius 2 is 1.75 bits per heavy atom. The molecular formula is C40H45N7O5. The zero-order valence-corrected chi connectivity index (χ0v) is 29.7. The number of amides is 3. The number of hydrogen-bond acceptors (Lipinski definition) is 10. The number of carbonyl (C=O) groups is 3. The van der Waals surface area contributed by atoms with Crippen LogP contribution in [-0.4, -0.2) is 88.0 Å². The molecule has 5 heterocycles. The Hall–Kier alpha value is -5.07. The molecule has 0 radical (unpaired) electrons. The Bertz CT molecular complexity index is 2020. The number of nitrogens with one attached hydrogen (secondary N) is 2. The zero-order chi connectivity index (χ0) is 36.0. The van der Waals surface area contributed by atoms with Crippen LogP contribution in [0.1, 0.15) is 71.1 Å². The first-order valence-electron chi connectivity index (χ1n) is 18.3. The van der Waals surface area contributed by atoms with Crippen molar-refractivity contribution in [1.82, 2.24) is 25.1 Å². The molecular weight excluding hydrogens is 658 g/mol. The summed E-state index contributed by atoms with van der Waals surface area (Å²) >= 11 is 0. The van der Waals surface area contributed by atoms with Gasteiger partial charge in [0.1, 0.15) is 11.8 Å². The minimum Gasteiger partial charge on any atom is -0.497 e. The SMILES string of the molecule is COc1cc(C)c2cnc(NC3CCN(c4ccc(CN5CCC(O)(c6ccc7c(c6)CN(C6CCC(=O)NC6=O)C7=O)CC5)cc4)CC3)nc2c1. The van der Waals surface area contributed by atoms with Crippen molar-refractivity contribution in [3.63, 3.8) is 0 Å². The molecule has 12 heteroatoms. The average Bonchev–Trinajstić information content (AvgIpc) is 3.48. The van der Waals surface area contributed by atoms with Crippen LogP contribution in [0.25, 0.3) is 10.9 Å². The fourth-order valence-electron chi connectivity index (χ4n) is 8.23. The van der Waals surface area contributed by atoms with Crippen LogP contribution in [-0.2, 0) is 28.3 Å². The lowest BCUT2D eigenvalue weighted by atomic mass is 9.83. The van der Waals surface area contributed by atoms with Gasteiger partial charge in [0.05, 0.1) is 18.2 Å². The molecule has 0 spiro atoms. The van der Waals surface area contributed by atoms with Gasteiger partial charge >= 0.3 is 0 Å². The number of carbonyl (C=O) groups excluding carboxylic acids is 3. The number of imide groups is 1. The number of aliphatic hydroxyl groups is 1. The van der Waals surface area contributed by atoms with Crippen molar-refractivity contribution in [3.8, 4) is 5.75 Å². The Morgan fingerprint density at radius 3 is 2.48 bits per heavy atom. The summed E-state index contributed by atoms with van der Waals surface area (Å²) in [6.07, 6.45) is 5.62. The Kier molecular flexibility index (Phi) is 9.04. The number of aromatic nitrogens is 2. The number of benzene rings is 3. The minimum absolute atomic E-state index is 0.200. The van der Waals surface area contributed by atoms with Crippen molar-refractivity contribution < 1.29 is 24.2 Å². The monoisotopic (exact) mass is 703 g/mol. The normalized spacial score (nSPS) is 21.0. The van der Waals surface area contributed by atoms with E-state index in [1.165, 1.54) is 11.3 Å². The van der Waals surface area contributed by atoms with Gasteiger partial charge in [0.15, 0.2) is 0 Å². The average molecular weight is 704 g/mol. The number of aryl methyl sites for hydroxylation is 1. The Balaban J connectivity index is 0.820. The van der Waals surface area contributed by atoms with E-state index < -0.39 is 17.6 Å². The quantitative estimate of drug-likeness (QED) is 0.228. The molecule has 270 valence electrons. The summed E-state index contributed by atoms with van der Waals surface area (Å²) < 4.78 is 5.43. The van der Waals surface area contributed by atoms with Gasteiger partial charge < -0.3 is 25.0 Å². The summed E-state index contributed by atoms with van der Waals surface area (Å²) in [4.78, 5) is 52.9. The second kappa shape index (κ2) is 13.8. The van der Waals surface area contributed by atoms with Crippen molar-refractivity contribution in [3.05, 3.63) is 88.6 Å². The lowest BCUT2D eigenvalue weighted by Crippen LogP contribution is -2.52. The summed E-state index contributed by atoms with van der Waals surface area (Å²) in [7, 11) is 1.67. The summed E-state index contributed by atoms with van der Waals surface area (Å²) in [6.45, 7) is 6.58. The van der Waals surface area contributed by atoms with Gasteiger partial charge in [-0.15, -0.1) is 0 Å². The van der Waals surface area contributed by atoms with Crippen molar-refractivity contribution in [1.29, 1.82) is 0 Å². The van der Waals surface area contributed by atoms with Crippen LogP contribution in [0.3, 0.4) is 0 Å². The van der Waals surface area contributed by atoms with E-state index >= 15 is 0 Å². The number of likely N-dealkylation sites (tertiary alicyclic amines) is 1. The first-order chi connectivity index (χ1) is 25.2. The van der Waals surface area contributed by atoms with Gasteiger partial charge in [-0.2, -0.15) is 0 Å². The molecule has 0 saturated carbocycles. The maximum Gasteiger partial charge on any atom is 0.255 e. The molecule has 12 nitrogen and oxygen atoms in total. The van der Waals surface area contributed by atoms with Gasteiger partial charge in [0, 0.05) is 80.6 Å². The van der Waals surface area contributed by atoms with Crippen LogP contribution in [0.5, 0.6) is 5.75 Å². The standard InChI is InChI=1S/C40H45N7O5/c1-25-19-31(52-2)21-34-33(25)22-41-39(43-34)42-29-11-15-46(16-12-29)30-6-3-26(4-7-30)23-45-17-13-40(51,14-18-45)28-5-8-32-27(20-28)24-47(38(32)50)35-9-10-36(48)44-37(35)49/h3-8,19-22,29,35,51H,9-18,23-24H2,1-2H3,(H,41,42,43)(H,44,48,49). The molecule has 4 aromatic rings. The van der Waals surface area contributed by atoms with Crippen LogP contribution < -0.4 is 20.3 Å². The number of hydrogen-bond donors (Lipinski definition) is 3. The largest absolute Gasteiger partial charge is 0.497 e. The number of nitrogens with zero attached hydrogens (tertiary/aromatic N) is 5. The maximum absolute atomic E-state index is 13.1. The smallest absolute Gasteiger partial charge is 0.255 e. The molecule has 1 unspecified atom stereocenters. The molecule has 3 amide bonds. The van der Waals surface area contributed by atoms with Gasteiger partial charge in [0.2, 0.25) is 17.8 Å². The summed E-state index contributed by atoms with van der Waals surface area (Å²) in [5.74, 6) is 0.533. The molecule has 0 aliphatic carbocycles. The molecule has 8 rings (SSSR count). The van der Waals surface area contributed by atoms with Crippen molar-refractivity contribution in [2.24, 2.45) is 0 Å². The van der Waals surface area contributed by atoms with Crippen LogP contribution in [0.2, 0.25) is 0 Å². The summed E-state index contributed by atoms with van der Waals surface area (Å²) in [6, 6.07) is 18.0. The van der Waals surface area contributed by atoms with E-state index in [0.717, 1.165) is 78.9 Å². The molecule has 1 atom stereocenters. The first-order valence-corrected chi connectivity index (χ1v) is 18.3. The Morgan fingerprint density at radius 1 is 0.981 bits per heavy atom. The molecule has 3 aromatic carbocycles. The van der Waals surface area contributed by atoms with Gasteiger partial charge in [-0.1, -0.05) is 24.3 Å². The van der Waals surface area contributed by atoms with Crippen LogP contribution in [0, 0.1) is 6.92 Å². The number of methoxy groups -OCH3 is 1. The number of anilines is 2. The molecule has 4 aliphatic rings. The minimum atomic E-state index is -0.978. The van der Waals surface area contributed by atoms with Crippen LogP contribution in [0.15, 0.2) is 60.8 Å². The van der Waals surface area contributed by atoms with Gasteiger partial charge in [-0.3, -0.25) is 24.6 Å². The topological polar surface area (TPSA) is 140 Å². The van der Waals surface area contributed by atoms with E-state index in [9.17, 15) is 19.5 Å². The van der Waals surface area contributed by atoms with Crippen molar-refractivity contribution in [2.45, 2.75) is 76.2 Å². The molecule has 3 saturated heterocycles. The number of piperidine rings is 3. The second-order valence-electron chi connectivity index (χ2n) is 14.7. The second-order valence-corrected chi connectivity index (χ2v) is 14.7. The zero-order valence-electron chi connectivity index (χ0n) is 29.7. The number of ether oxygens (including phenoxy) is 1. The van der Waals surface area contributed by atoms with E-state index in [1.54, 1.807) is 18.1 Å². The fourth-order valence-corrected chi connectivity index (χ4v) is 8.23. The van der Waals surface area contributed by atoms with E-state index in [1.807, 2.05) is 37.4 Å². The number of rotatable bonds is 8. The van der Waals surface area contributed by atoms with Crippen molar-refractivity contribution >= 4 is 40.3 Å². The predicted octanol–water partition coefficient (Wildman–Crippen LogP) is 4.27. The highest BCUT2D eigenvalue weighted by atomic mass is 16.5. The lowest BCUT2D eigenvalue weighted by Gasteiger charge is -2.39. The Labute approximate surface area is 303 Å². The summed E-state index contributed by atoms with van der Waals surface area (Å²) in [5.41, 5.74) is 5.67. The molecule has 3 fully saturated rings. The highest BCUT2D eigenvalue weighted by Gasteiger charge is 2.41. The van der Waals surface area contributed by atoms with E-state index in [-0.39, 0.29) is 18.2 Å². The van der Waals surface area contributed by atoms with E-state index in [4.69, 9.17) is 9.72 Å². The highest BCUT2D eigenvalue weighted by Crippen LogP contribution is 2.37. The lowest BCUT2D eigenvalue weighted by molar-refractivity contribution is -0.136. The predicted molar refractivity (Wildman–Crippen MR) is 197 cm³/mol. The van der Waals surface area contributed by atoms with Gasteiger partial charge in [-0.05, 0) is 85.5 Å². The maximum atomic E-state index is 13.1. The third-order valence-corrected chi connectivity index (χ3v) is 11.4. The third-order valence-electron chi connectivity index (χ3n) is 11.4. The third kappa shape index (κ3) is 6.68. The van der Waals surface area contributed by atoms with Crippen LogP contribution in [0.4, 0.5) is 11.6 Å². The molecule has 4 aliphatic heterocycles. The van der Waals surface area contributed by atoms with E-state index in [0.29, 0.717) is 43.4 Å². The van der Waals surface area contributed by atoms with Gasteiger partial charge in [0.25, 0.3) is 5.91 Å². The first kappa shape index (κ1) is 34.0. The van der Waals surface area contributed by atoms with E-state index in [2.05, 4.69) is 49.7 Å². The fraction of sp³-hybridized carbons (Fsp3) is 0.425. The number of fused-ring (bicyclic) bond motifs is 2. The molecule has 0 bridgehead atoms. The molecule has 1 aromatic heterocycles. The van der Waals surface area contributed by atoms with Gasteiger partial charge in [-0.25, -0.2) is 9.97 Å². The van der Waals surface area contributed by atoms with Crippen molar-refractivity contribution in [2.75, 3.05) is 43.5 Å². The molecule has 52 heavy (non-hydrogen) atoms. The van der Waals surface area contributed by atoms with Crippen LogP contribution >= 0.6 is 0 Å².